The molecule has 4 heterocycles. The van der Waals surface area contributed by atoms with Crippen molar-refractivity contribution in [2.24, 2.45) is 0 Å². The number of piperidine rings is 1. The van der Waals surface area contributed by atoms with Gasteiger partial charge in [0.15, 0.2) is 11.4 Å². The quantitative estimate of drug-likeness (QED) is 0.352. The lowest BCUT2D eigenvalue weighted by Gasteiger charge is -2.21. The van der Waals surface area contributed by atoms with Crippen molar-refractivity contribution in [1.82, 2.24) is 20.5 Å². The molecule has 32 heavy (non-hydrogen) atoms. The molecular formula is C23H23BrFN5O2. The van der Waals surface area contributed by atoms with E-state index in [-0.39, 0.29) is 11.6 Å². The molecule has 0 spiro atoms. The van der Waals surface area contributed by atoms with Crippen molar-refractivity contribution >= 4 is 32.7 Å². The number of furan rings is 1. The average molecular weight is 500 g/mol. The third-order valence-electron chi connectivity index (χ3n) is 5.85. The number of halogens is 2. The number of hydrogen-bond donors (Lipinski definition) is 3. The van der Waals surface area contributed by atoms with Crippen LogP contribution in [0.3, 0.4) is 0 Å². The summed E-state index contributed by atoms with van der Waals surface area (Å²) >= 11 is 3.31. The molecule has 3 aromatic heterocycles. The van der Waals surface area contributed by atoms with Crippen LogP contribution in [0.1, 0.15) is 30.0 Å². The summed E-state index contributed by atoms with van der Waals surface area (Å²) in [6.45, 7) is 2.28. The number of nitrogens with one attached hydrogen (secondary N) is 2. The predicted molar refractivity (Wildman–Crippen MR) is 124 cm³/mol. The zero-order valence-corrected chi connectivity index (χ0v) is 18.9. The van der Waals surface area contributed by atoms with Crippen molar-refractivity contribution in [2.75, 3.05) is 25.4 Å². The van der Waals surface area contributed by atoms with Gasteiger partial charge in [0.1, 0.15) is 12.1 Å². The van der Waals surface area contributed by atoms with Crippen LogP contribution in [0.25, 0.3) is 22.1 Å². The Morgan fingerprint density at radius 1 is 1.22 bits per heavy atom. The van der Waals surface area contributed by atoms with Crippen LogP contribution >= 0.6 is 15.9 Å². The van der Waals surface area contributed by atoms with E-state index in [4.69, 9.17) is 14.9 Å². The summed E-state index contributed by atoms with van der Waals surface area (Å²) in [5, 5.41) is 11.8. The zero-order valence-electron chi connectivity index (χ0n) is 17.3. The Morgan fingerprint density at radius 3 is 2.88 bits per heavy atom. The molecular weight excluding hydrogens is 477 g/mol. The first kappa shape index (κ1) is 21.0. The number of aromatic nitrogens is 3. The zero-order chi connectivity index (χ0) is 22.1. The third kappa shape index (κ3) is 4.10. The number of anilines is 1. The second-order valence-electron chi connectivity index (χ2n) is 7.95. The maximum atomic E-state index is 13.6. The van der Waals surface area contributed by atoms with Gasteiger partial charge in [-0.1, -0.05) is 15.9 Å². The van der Waals surface area contributed by atoms with Crippen molar-refractivity contribution in [1.29, 1.82) is 0 Å². The molecule has 4 N–H and O–H groups in total. The van der Waals surface area contributed by atoms with Gasteiger partial charge in [0.2, 0.25) is 5.75 Å². The SMILES string of the molecule is Nc1ncc2c(-c3c[nH]nc3C3CCNCC3)coc2c1OCCc1cc(F)cc(Br)c1. The molecule has 1 aromatic carbocycles. The van der Waals surface area contributed by atoms with Gasteiger partial charge in [-0.15, -0.1) is 0 Å². The van der Waals surface area contributed by atoms with E-state index in [2.05, 4.69) is 36.4 Å². The van der Waals surface area contributed by atoms with Crippen molar-refractivity contribution < 1.29 is 13.5 Å². The Labute approximate surface area is 192 Å². The summed E-state index contributed by atoms with van der Waals surface area (Å²) in [6.07, 6.45) is 7.92. The van der Waals surface area contributed by atoms with Crippen LogP contribution < -0.4 is 15.8 Å². The van der Waals surface area contributed by atoms with E-state index in [1.165, 1.54) is 12.1 Å². The standard InChI is InChI=1S/C23H23BrFN5O2/c24-15-7-13(8-16(25)9-15)3-6-31-22-21-18(10-28-23(22)26)19(12-32-21)17-11-29-30-20(17)14-1-4-27-5-2-14/h7-12,14,27H,1-6H2,(H2,26,28)(H,29,30). The molecule has 0 aliphatic carbocycles. The van der Waals surface area contributed by atoms with Gasteiger partial charge in [0, 0.05) is 40.3 Å². The van der Waals surface area contributed by atoms with Crippen LogP contribution in [0.15, 0.2) is 45.7 Å². The molecule has 5 rings (SSSR count). The first-order valence-electron chi connectivity index (χ1n) is 10.6. The van der Waals surface area contributed by atoms with Crippen molar-refractivity contribution in [3.63, 3.8) is 0 Å². The number of pyridine rings is 1. The van der Waals surface area contributed by atoms with Gasteiger partial charge in [0.25, 0.3) is 0 Å². The van der Waals surface area contributed by atoms with Gasteiger partial charge in [-0.2, -0.15) is 5.10 Å². The molecule has 0 bridgehead atoms. The Hall–Kier alpha value is -2.91. The second kappa shape index (κ2) is 8.91. The molecule has 0 amide bonds. The minimum atomic E-state index is -0.294. The summed E-state index contributed by atoms with van der Waals surface area (Å²) in [4.78, 5) is 4.33. The minimum absolute atomic E-state index is 0.254. The fourth-order valence-electron chi connectivity index (χ4n) is 4.28. The summed E-state index contributed by atoms with van der Waals surface area (Å²) in [5.74, 6) is 0.754. The highest BCUT2D eigenvalue weighted by molar-refractivity contribution is 9.10. The van der Waals surface area contributed by atoms with Gasteiger partial charge in [-0.3, -0.25) is 5.10 Å². The molecule has 4 aromatic rings. The number of aromatic amines is 1. The molecule has 1 fully saturated rings. The number of fused-ring (bicyclic) bond motifs is 1. The maximum Gasteiger partial charge on any atom is 0.205 e. The Kier molecular flexibility index (Phi) is 5.84. The number of nitrogens with two attached hydrogens (primary N) is 1. The molecule has 0 radical (unpaired) electrons. The summed E-state index contributed by atoms with van der Waals surface area (Å²) in [5.41, 5.74) is 10.4. The minimum Gasteiger partial charge on any atom is -0.486 e. The van der Waals surface area contributed by atoms with E-state index in [0.29, 0.717) is 34.8 Å². The van der Waals surface area contributed by atoms with Gasteiger partial charge >= 0.3 is 0 Å². The van der Waals surface area contributed by atoms with Crippen LogP contribution in [-0.4, -0.2) is 34.9 Å². The third-order valence-corrected chi connectivity index (χ3v) is 6.30. The number of rotatable bonds is 6. The van der Waals surface area contributed by atoms with Crippen LogP contribution in [0.5, 0.6) is 5.75 Å². The lowest BCUT2D eigenvalue weighted by molar-refractivity contribution is 0.321. The first-order chi connectivity index (χ1) is 15.6. The Bertz CT molecular complexity index is 1230. The fourth-order valence-corrected chi connectivity index (χ4v) is 4.79. The molecule has 1 aliphatic heterocycles. The largest absolute Gasteiger partial charge is 0.486 e. The topological polar surface area (TPSA) is 102 Å². The van der Waals surface area contributed by atoms with Crippen molar-refractivity contribution in [2.45, 2.75) is 25.2 Å². The maximum absolute atomic E-state index is 13.6. The molecule has 0 unspecified atom stereocenters. The van der Waals surface area contributed by atoms with Crippen LogP contribution in [0, 0.1) is 5.82 Å². The first-order valence-corrected chi connectivity index (χ1v) is 11.4. The molecule has 9 heteroatoms. The second-order valence-corrected chi connectivity index (χ2v) is 8.87. The molecule has 0 saturated carbocycles. The molecule has 0 atom stereocenters. The van der Waals surface area contributed by atoms with Crippen LogP contribution in [0.2, 0.25) is 0 Å². The number of ether oxygens (including phenoxy) is 1. The summed E-state index contributed by atoms with van der Waals surface area (Å²) < 4.78 is 26.2. The molecule has 166 valence electrons. The molecule has 1 aliphatic rings. The van der Waals surface area contributed by atoms with Crippen LogP contribution in [-0.2, 0) is 6.42 Å². The van der Waals surface area contributed by atoms with Gasteiger partial charge in [-0.05, 0) is 49.7 Å². The van der Waals surface area contributed by atoms with Crippen molar-refractivity contribution in [3.8, 4) is 16.9 Å². The highest BCUT2D eigenvalue weighted by atomic mass is 79.9. The normalized spacial score (nSPS) is 14.8. The van der Waals surface area contributed by atoms with E-state index >= 15 is 0 Å². The fraction of sp³-hybridized carbons (Fsp3) is 0.304. The number of nitrogen functional groups attached to an aromatic ring is 1. The van der Waals surface area contributed by atoms with E-state index in [1.54, 1.807) is 12.5 Å². The van der Waals surface area contributed by atoms with Crippen LogP contribution in [0.4, 0.5) is 10.2 Å². The number of H-pyrrole nitrogens is 1. The van der Waals surface area contributed by atoms with E-state index in [9.17, 15) is 4.39 Å². The highest BCUT2D eigenvalue weighted by Gasteiger charge is 2.24. The summed E-state index contributed by atoms with van der Waals surface area (Å²) in [6, 6.07) is 4.77. The van der Waals surface area contributed by atoms with Gasteiger partial charge in [0.05, 0.1) is 17.7 Å². The smallest absolute Gasteiger partial charge is 0.205 e. The molecule has 1 saturated heterocycles. The summed E-state index contributed by atoms with van der Waals surface area (Å²) in [7, 11) is 0. The van der Waals surface area contributed by atoms with E-state index < -0.39 is 0 Å². The van der Waals surface area contributed by atoms with E-state index in [0.717, 1.165) is 53.7 Å². The van der Waals surface area contributed by atoms with Gasteiger partial charge < -0.3 is 20.2 Å². The lowest BCUT2D eigenvalue weighted by Crippen LogP contribution is -2.27. The Balaban J connectivity index is 1.41. The molecule has 7 nitrogen and oxygen atoms in total. The van der Waals surface area contributed by atoms with Gasteiger partial charge in [-0.25, -0.2) is 9.37 Å². The number of nitrogens with zero attached hydrogens (tertiary/aromatic N) is 2. The highest BCUT2D eigenvalue weighted by Crippen LogP contribution is 2.40. The Morgan fingerprint density at radius 2 is 2.06 bits per heavy atom. The van der Waals surface area contributed by atoms with Crippen molar-refractivity contribution in [3.05, 3.63) is 58.4 Å². The number of hydrogen-bond acceptors (Lipinski definition) is 6. The number of benzene rings is 1. The lowest BCUT2D eigenvalue weighted by atomic mass is 9.90. The monoisotopic (exact) mass is 499 g/mol. The predicted octanol–water partition coefficient (Wildman–Crippen LogP) is 4.79. The average Bonchev–Trinajstić information content (AvgIpc) is 3.42. The van der Waals surface area contributed by atoms with E-state index in [1.807, 2.05) is 12.3 Å².